The molecule has 4 heteroatoms. The number of carboxylic acid groups (broad SMARTS) is 1. The number of benzene rings is 1. The van der Waals surface area contributed by atoms with Gasteiger partial charge in [-0.05, 0) is 30.4 Å². The van der Waals surface area contributed by atoms with E-state index in [1.807, 2.05) is 24.3 Å². The summed E-state index contributed by atoms with van der Waals surface area (Å²) in [6, 6.07) is 7.62. The Hall–Kier alpha value is -1.42. The third kappa shape index (κ3) is 2.22. The molecule has 2 unspecified atom stereocenters. The number of ether oxygens (including phenoxy) is 1. The molecule has 1 aromatic carbocycles. The largest absolute Gasteiger partial charge is 0.477 e. The Balaban J connectivity index is 2.16. The quantitative estimate of drug-likeness (QED) is 0.857. The number of halogens is 1. The lowest BCUT2D eigenvalue weighted by Gasteiger charge is -2.25. The van der Waals surface area contributed by atoms with Crippen LogP contribution in [-0.4, -0.2) is 17.4 Å². The maximum atomic E-state index is 13.0. The first-order valence-corrected chi connectivity index (χ1v) is 5.28. The molecule has 0 saturated carbocycles. The first-order valence-electron chi connectivity index (χ1n) is 5.28. The smallest absolute Gasteiger partial charge is 0.366 e. The molecule has 16 heavy (non-hydrogen) atoms. The van der Waals surface area contributed by atoms with Gasteiger partial charge in [-0.2, -0.15) is 0 Å². The highest BCUT2D eigenvalue weighted by molar-refractivity contribution is 5.70. The van der Waals surface area contributed by atoms with Crippen LogP contribution in [0.4, 0.5) is 4.39 Å². The fourth-order valence-corrected chi connectivity index (χ4v) is 2.05. The van der Waals surface area contributed by atoms with Crippen LogP contribution >= 0.6 is 0 Å². The van der Waals surface area contributed by atoms with E-state index >= 15 is 0 Å². The Morgan fingerprint density at radius 3 is 3.00 bits per heavy atom. The summed E-state index contributed by atoms with van der Waals surface area (Å²) in [7, 11) is 0. The highest BCUT2D eigenvalue weighted by Gasteiger charge is 2.26. The maximum absolute atomic E-state index is 13.0. The molecule has 0 fully saturated rings. The van der Waals surface area contributed by atoms with Crippen molar-refractivity contribution in [3.8, 4) is 0 Å². The molecule has 0 bridgehead atoms. The predicted octanol–water partition coefficient (Wildman–Crippen LogP) is 2.46. The number of aliphatic carboxylic acids is 1. The van der Waals surface area contributed by atoms with Crippen molar-refractivity contribution in [2.45, 2.75) is 31.7 Å². The minimum Gasteiger partial charge on any atom is -0.477 e. The van der Waals surface area contributed by atoms with Crippen LogP contribution in [0.3, 0.4) is 0 Å². The van der Waals surface area contributed by atoms with Gasteiger partial charge in [0.2, 0.25) is 0 Å². The second kappa shape index (κ2) is 4.61. The normalized spacial score (nSPS) is 21.2. The third-order valence-corrected chi connectivity index (χ3v) is 2.79. The maximum Gasteiger partial charge on any atom is 0.366 e. The lowest BCUT2D eigenvalue weighted by atomic mass is 9.89. The molecule has 3 nitrogen and oxygen atoms in total. The number of alkyl halides is 1. The molecular weight excluding hydrogens is 211 g/mol. The van der Waals surface area contributed by atoms with Gasteiger partial charge in [-0.15, -0.1) is 0 Å². The van der Waals surface area contributed by atoms with Crippen molar-refractivity contribution in [2.75, 3.05) is 0 Å². The van der Waals surface area contributed by atoms with Crippen LogP contribution in [0.15, 0.2) is 24.3 Å². The van der Waals surface area contributed by atoms with Gasteiger partial charge in [-0.25, -0.2) is 9.18 Å². The molecule has 0 amide bonds. The molecular formula is C12H13FO3. The highest BCUT2D eigenvalue weighted by atomic mass is 19.1. The first-order chi connectivity index (χ1) is 7.68. The summed E-state index contributed by atoms with van der Waals surface area (Å²) in [5, 5.41) is 8.46. The Morgan fingerprint density at radius 2 is 2.25 bits per heavy atom. The minimum absolute atomic E-state index is 0.434. The molecule has 2 rings (SSSR count). The van der Waals surface area contributed by atoms with Crippen LogP contribution < -0.4 is 0 Å². The average Bonchev–Trinajstić information content (AvgIpc) is 2.29. The predicted molar refractivity (Wildman–Crippen MR) is 55.7 cm³/mol. The van der Waals surface area contributed by atoms with E-state index in [-0.39, 0.29) is 0 Å². The summed E-state index contributed by atoms with van der Waals surface area (Å²) in [5.41, 5.74) is 2.04. The SMILES string of the molecule is O=C(O)C(F)OC1CCCc2ccccc21. The van der Waals surface area contributed by atoms with Crippen LogP contribution in [0.25, 0.3) is 0 Å². The zero-order chi connectivity index (χ0) is 11.5. The molecule has 1 aliphatic carbocycles. The van der Waals surface area contributed by atoms with E-state index in [4.69, 9.17) is 9.84 Å². The summed E-state index contributed by atoms with van der Waals surface area (Å²) in [6.07, 6.45) is -0.161. The minimum atomic E-state index is -2.24. The van der Waals surface area contributed by atoms with Crippen molar-refractivity contribution in [3.63, 3.8) is 0 Å². The van der Waals surface area contributed by atoms with Crippen LogP contribution in [0.1, 0.15) is 30.1 Å². The molecule has 1 aromatic rings. The molecule has 0 heterocycles. The van der Waals surface area contributed by atoms with Crippen molar-refractivity contribution in [1.82, 2.24) is 0 Å². The fraction of sp³-hybridized carbons (Fsp3) is 0.417. The molecule has 1 N–H and O–H groups in total. The summed E-state index contributed by atoms with van der Waals surface area (Å²) >= 11 is 0. The van der Waals surface area contributed by atoms with E-state index in [9.17, 15) is 9.18 Å². The lowest BCUT2D eigenvalue weighted by Crippen LogP contribution is -2.23. The molecule has 0 radical (unpaired) electrons. The number of aryl methyl sites for hydroxylation is 1. The van der Waals surface area contributed by atoms with Gasteiger partial charge in [0, 0.05) is 0 Å². The van der Waals surface area contributed by atoms with Gasteiger partial charge in [0.05, 0.1) is 6.10 Å². The standard InChI is InChI=1S/C12H13FO3/c13-11(12(14)15)16-10-7-3-5-8-4-1-2-6-9(8)10/h1-2,4,6,10-11H,3,5,7H2,(H,14,15). The van der Waals surface area contributed by atoms with Crippen LogP contribution in [0, 0.1) is 0 Å². The van der Waals surface area contributed by atoms with Gasteiger partial charge >= 0.3 is 5.97 Å². The number of fused-ring (bicyclic) bond motifs is 1. The Morgan fingerprint density at radius 1 is 1.50 bits per heavy atom. The average molecular weight is 224 g/mol. The summed E-state index contributed by atoms with van der Waals surface area (Å²) in [4.78, 5) is 10.4. The van der Waals surface area contributed by atoms with Gasteiger partial charge in [-0.3, -0.25) is 0 Å². The second-order valence-electron chi connectivity index (χ2n) is 3.87. The van der Waals surface area contributed by atoms with Crippen molar-refractivity contribution < 1.29 is 19.0 Å². The molecule has 0 aromatic heterocycles. The summed E-state index contributed by atoms with van der Waals surface area (Å²) in [6.45, 7) is 0. The van der Waals surface area contributed by atoms with Gasteiger partial charge in [0.1, 0.15) is 0 Å². The molecule has 1 aliphatic rings. The van der Waals surface area contributed by atoms with E-state index in [1.54, 1.807) is 0 Å². The lowest BCUT2D eigenvalue weighted by molar-refractivity contribution is -0.171. The number of rotatable bonds is 3. The van der Waals surface area contributed by atoms with Crippen LogP contribution in [0.2, 0.25) is 0 Å². The van der Waals surface area contributed by atoms with Gasteiger partial charge in [0.15, 0.2) is 0 Å². The van der Waals surface area contributed by atoms with E-state index in [2.05, 4.69) is 0 Å². The number of hydrogen-bond donors (Lipinski definition) is 1. The molecule has 2 atom stereocenters. The van der Waals surface area contributed by atoms with E-state index in [0.717, 1.165) is 24.0 Å². The van der Waals surface area contributed by atoms with Crippen LogP contribution in [-0.2, 0) is 16.0 Å². The van der Waals surface area contributed by atoms with Gasteiger partial charge in [0.25, 0.3) is 6.36 Å². The number of carbonyl (C=O) groups is 1. The Kier molecular flexibility index (Phi) is 3.19. The van der Waals surface area contributed by atoms with E-state index < -0.39 is 18.4 Å². The topological polar surface area (TPSA) is 46.5 Å². The second-order valence-corrected chi connectivity index (χ2v) is 3.87. The molecule has 0 aliphatic heterocycles. The number of hydrogen-bond acceptors (Lipinski definition) is 2. The monoisotopic (exact) mass is 224 g/mol. The van der Waals surface area contributed by atoms with E-state index in [0.29, 0.717) is 6.42 Å². The van der Waals surface area contributed by atoms with E-state index in [1.165, 1.54) is 0 Å². The zero-order valence-electron chi connectivity index (χ0n) is 8.73. The fourth-order valence-electron chi connectivity index (χ4n) is 2.05. The highest BCUT2D eigenvalue weighted by Crippen LogP contribution is 2.33. The Labute approximate surface area is 92.9 Å². The number of carboxylic acids is 1. The van der Waals surface area contributed by atoms with Crippen molar-refractivity contribution in [2.24, 2.45) is 0 Å². The zero-order valence-corrected chi connectivity index (χ0v) is 8.73. The molecule has 86 valence electrons. The van der Waals surface area contributed by atoms with Crippen molar-refractivity contribution >= 4 is 5.97 Å². The Bertz CT molecular complexity index is 392. The summed E-state index contributed by atoms with van der Waals surface area (Å²) in [5.74, 6) is -1.57. The molecule has 0 saturated heterocycles. The van der Waals surface area contributed by atoms with Gasteiger partial charge in [-0.1, -0.05) is 24.3 Å². The summed E-state index contributed by atoms with van der Waals surface area (Å²) < 4.78 is 17.9. The van der Waals surface area contributed by atoms with Crippen LogP contribution in [0.5, 0.6) is 0 Å². The molecule has 0 spiro atoms. The van der Waals surface area contributed by atoms with Crippen molar-refractivity contribution in [1.29, 1.82) is 0 Å². The third-order valence-electron chi connectivity index (χ3n) is 2.79. The first kappa shape index (κ1) is 11.1. The van der Waals surface area contributed by atoms with Gasteiger partial charge < -0.3 is 9.84 Å². The van der Waals surface area contributed by atoms with Crippen molar-refractivity contribution in [3.05, 3.63) is 35.4 Å².